The molecule has 4 rings (SSSR count). The maximum atomic E-state index is 13.5. The van der Waals surface area contributed by atoms with Gasteiger partial charge in [-0.1, -0.05) is 17.3 Å². The molecule has 0 unspecified atom stereocenters. The first-order valence-corrected chi connectivity index (χ1v) is 11.4. The molecule has 0 N–H and O–H groups in total. The molecule has 0 aliphatic carbocycles. The molecular weight excluding hydrogens is 420 g/mol. The highest BCUT2D eigenvalue weighted by molar-refractivity contribution is 5.97. The average Bonchev–Trinajstić information content (AvgIpc) is 3.15. The van der Waals surface area contributed by atoms with Crippen molar-refractivity contribution >= 4 is 5.91 Å². The normalized spacial score (nSPS) is 12.9. The van der Waals surface area contributed by atoms with Gasteiger partial charge in [0.15, 0.2) is 11.5 Å². The zero-order valence-corrected chi connectivity index (χ0v) is 19.6. The molecule has 2 heterocycles. The van der Waals surface area contributed by atoms with Crippen molar-refractivity contribution in [2.45, 2.75) is 47.3 Å². The second-order valence-electron chi connectivity index (χ2n) is 8.00. The highest BCUT2D eigenvalue weighted by atomic mass is 16.5. The maximum Gasteiger partial charge on any atom is 0.257 e. The van der Waals surface area contributed by atoms with Gasteiger partial charge in [0.05, 0.1) is 30.0 Å². The summed E-state index contributed by atoms with van der Waals surface area (Å²) in [7, 11) is 0. The highest BCUT2D eigenvalue weighted by Crippen LogP contribution is 2.34. The van der Waals surface area contributed by atoms with E-state index in [0.29, 0.717) is 44.2 Å². The topological polar surface area (TPSA) is 74.0 Å². The molecule has 0 radical (unpaired) electrons. The van der Waals surface area contributed by atoms with Crippen LogP contribution in [0.4, 0.5) is 0 Å². The Morgan fingerprint density at radius 1 is 1.00 bits per heavy atom. The highest BCUT2D eigenvalue weighted by Gasteiger charge is 2.26. The number of carbonyl (C=O) groups excluding carboxylic acids is 1. The van der Waals surface area contributed by atoms with Gasteiger partial charge < -0.3 is 23.6 Å². The lowest BCUT2D eigenvalue weighted by Gasteiger charge is -2.30. The van der Waals surface area contributed by atoms with E-state index in [-0.39, 0.29) is 5.91 Å². The third kappa shape index (κ3) is 4.82. The summed E-state index contributed by atoms with van der Waals surface area (Å²) in [6, 6.07) is 11.4. The fourth-order valence-corrected chi connectivity index (χ4v) is 4.07. The lowest BCUT2D eigenvalue weighted by Crippen LogP contribution is -2.36. The van der Waals surface area contributed by atoms with Crippen LogP contribution in [-0.2, 0) is 19.6 Å². The van der Waals surface area contributed by atoms with E-state index in [1.807, 2.05) is 69.0 Å². The Labute approximate surface area is 194 Å². The van der Waals surface area contributed by atoms with E-state index in [4.69, 9.17) is 18.7 Å². The number of aromatic nitrogens is 1. The monoisotopic (exact) mass is 450 g/mol. The number of ether oxygens (including phenoxy) is 3. The van der Waals surface area contributed by atoms with Crippen molar-refractivity contribution in [1.82, 2.24) is 10.1 Å². The Balaban J connectivity index is 1.53. The second kappa shape index (κ2) is 9.98. The van der Waals surface area contributed by atoms with Crippen molar-refractivity contribution in [3.63, 3.8) is 0 Å². The number of hydrogen-bond acceptors (Lipinski definition) is 6. The maximum absolute atomic E-state index is 13.5. The van der Waals surface area contributed by atoms with Gasteiger partial charge in [0.2, 0.25) is 0 Å². The number of amides is 1. The van der Waals surface area contributed by atoms with Crippen molar-refractivity contribution in [3.05, 3.63) is 70.1 Å². The van der Waals surface area contributed by atoms with Crippen molar-refractivity contribution < 1.29 is 23.5 Å². The number of nitrogens with zero attached hydrogens (tertiary/aromatic N) is 2. The van der Waals surface area contributed by atoms with Gasteiger partial charge in [0, 0.05) is 13.1 Å². The van der Waals surface area contributed by atoms with Gasteiger partial charge in [0.25, 0.3) is 5.91 Å². The first-order valence-electron chi connectivity index (χ1n) is 11.4. The number of carbonyl (C=O) groups is 1. The Bertz CT molecular complexity index is 1120. The van der Waals surface area contributed by atoms with Gasteiger partial charge >= 0.3 is 0 Å². The smallest absolute Gasteiger partial charge is 0.257 e. The number of rotatable bonds is 8. The second-order valence-corrected chi connectivity index (χ2v) is 8.00. The zero-order valence-electron chi connectivity index (χ0n) is 19.6. The number of aryl methyl sites for hydroxylation is 2. The van der Waals surface area contributed by atoms with Crippen molar-refractivity contribution in [1.29, 1.82) is 0 Å². The van der Waals surface area contributed by atoms with Crippen LogP contribution in [0.25, 0.3) is 0 Å². The van der Waals surface area contributed by atoms with Gasteiger partial charge in [-0.25, -0.2) is 0 Å². The number of fused-ring (bicyclic) bond motifs is 1. The summed E-state index contributed by atoms with van der Waals surface area (Å²) in [6.45, 7) is 10.2. The van der Waals surface area contributed by atoms with Crippen LogP contribution < -0.4 is 14.2 Å². The van der Waals surface area contributed by atoms with Crippen LogP contribution in [0.15, 0.2) is 40.9 Å². The van der Waals surface area contributed by atoms with E-state index >= 15 is 0 Å². The number of hydrogen-bond donors (Lipinski definition) is 0. The standard InChI is InChI=1S/C26H30N2O5/c1-5-30-24-13-19-11-12-28(15-20(19)14-25(24)31-6-2)26(29)21-9-7-8-10-23(21)32-16-22-17(3)27-33-18(22)4/h7-10,13-14H,5-6,11-12,15-16H2,1-4H3. The molecule has 33 heavy (non-hydrogen) atoms. The summed E-state index contributed by atoms with van der Waals surface area (Å²) >= 11 is 0. The number of benzene rings is 2. The Morgan fingerprint density at radius 2 is 1.70 bits per heavy atom. The summed E-state index contributed by atoms with van der Waals surface area (Å²) < 4.78 is 22.8. The van der Waals surface area contributed by atoms with Gasteiger partial charge in [-0.05, 0) is 69.5 Å². The summed E-state index contributed by atoms with van der Waals surface area (Å²) in [6.07, 6.45) is 0.760. The molecule has 1 aliphatic rings. The summed E-state index contributed by atoms with van der Waals surface area (Å²) in [5.74, 6) is 2.70. The van der Waals surface area contributed by atoms with E-state index in [9.17, 15) is 4.79 Å². The molecule has 0 bridgehead atoms. The molecular formula is C26H30N2O5. The Hall–Kier alpha value is -3.48. The minimum atomic E-state index is -0.0538. The van der Waals surface area contributed by atoms with Gasteiger partial charge in [0.1, 0.15) is 18.1 Å². The first kappa shape index (κ1) is 22.7. The van der Waals surface area contributed by atoms with Crippen LogP contribution in [0.2, 0.25) is 0 Å². The average molecular weight is 451 g/mol. The molecule has 0 spiro atoms. The summed E-state index contributed by atoms with van der Waals surface area (Å²) in [5, 5.41) is 3.97. The van der Waals surface area contributed by atoms with Gasteiger partial charge in [-0.3, -0.25) is 4.79 Å². The molecule has 1 aliphatic heterocycles. The third-order valence-electron chi connectivity index (χ3n) is 5.84. The Kier molecular flexibility index (Phi) is 6.87. The molecule has 3 aromatic rings. The van der Waals surface area contributed by atoms with Crippen molar-refractivity contribution in [3.8, 4) is 17.2 Å². The van der Waals surface area contributed by atoms with Gasteiger partial charge in [-0.15, -0.1) is 0 Å². The zero-order chi connectivity index (χ0) is 23.4. The minimum absolute atomic E-state index is 0.0538. The van der Waals surface area contributed by atoms with Crippen LogP contribution in [0.1, 0.15) is 52.3 Å². The van der Waals surface area contributed by atoms with Crippen molar-refractivity contribution in [2.24, 2.45) is 0 Å². The SMILES string of the molecule is CCOc1cc2c(cc1OCC)CN(C(=O)c1ccccc1OCc1c(C)noc1C)CC2. The van der Waals surface area contributed by atoms with E-state index in [1.54, 1.807) is 0 Å². The predicted octanol–water partition coefficient (Wildman–Crippen LogP) is 4.87. The molecule has 2 aromatic carbocycles. The molecule has 0 saturated heterocycles. The summed E-state index contributed by atoms with van der Waals surface area (Å²) in [4.78, 5) is 15.3. The van der Waals surface area contributed by atoms with Crippen LogP contribution in [-0.4, -0.2) is 35.7 Å². The molecule has 0 atom stereocenters. The molecule has 1 aromatic heterocycles. The molecule has 7 heteroatoms. The van der Waals surface area contributed by atoms with E-state index in [2.05, 4.69) is 5.16 Å². The van der Waals surface area contributed by atoms with Crippen LogP contribution >= 0.6 is 0 Å². The molecule has 7 nitrogen and oxygen atoms in total. The van der Waals surface area contributed by atoms with E-state index in [1.165, 1.54) is 5.56 Å². The predicted molar refractivity (Wildman–Crippen MR) is 124 cm³/mol. The van der Waals surface area contributed by atoms with E-state index in [0.717, 1.165) is 40.5 Å². The summed E-state index contributed by atoms with van der Waals surface area (Å²) in [5.41, 5.74) is 4.51. The minimum Gasteiger partial charge on any atom is -0.490 e. The van der Waals surface area contributed by atoms with E-state index < -0.39 is 0 Å². The molecule has 1 amide bonds. The van der Waals surface area contributed by atoms with Crippen LogP contribution in [0.3, 0.4) is 0 Å². The van der Waals surface area contributed by atoms with Crippen LogP contribution in [0, 0.1) is 13.8 Å². The third-order valence-corrected chi connectivity index (χ3v) is 5.84. The number of para-hydroxylation sites is 1. The lowest BCUT2D eigenvalue weighted by molar-refractivity contribution is 0.0729. The molecule has 0 fully saturated rings. The lowest BCUT2D eigenvalue weighted by atomic mass is 9.98. The molecule has 0 saturated carbocycles. The van der Waals surface area contributed by atoms with Gasteiger partial charge in [-0.2, -0.15) is 0 Å². The van der Waals surface area contributed by atoms with Crippen LogP contribution in [0.5, 0.6) is 17.2 Å². The van der Waals surface area contributed by atoms with Crippen molar-refractivity contribution in [2.75, 3.05) is 19.8 Å². The largest absolute Gasteiger partial charge is 0.490 e. The Morgan fingerprint density at radius 3 is 2.36 bits per heavy atom. The first-order chi connectivity index (χ1) is 16.0. The fourth-order valence-electron chi connectivity index (χ4n) is 4.07. The molecule has 174 valence electrons. The quantitative estimate of drug-likeness (QED) is 0.488. The fraction of sp³-hybridized carbons (Fsp3) is 0.385.